The van der Waals surface area contributed by atoms with Crippen LogP contribution in [0.1, 0.15) is 53.4 Å². The van der Waals surface area contributed by atoms with Crippen LogP contribution in [-0.4, -0.2) is 17.4 Å². The molecule has 0 aromatic rings. The lowest BCUT2D eigenvalue weighted by molar-refractivity contribution is -0.130. The molecule has 1 saturated heterocycles. The molecule has 0 aliphatic carbocycles. The van der Waals surface area contributed by atoms with E-state index in [0.717, 1.165) is 19.4 Å². The SMILES string of the molecule is C=CN1CCCC(C)(C)CC(C)(C)CC1=O. The number of rotatable bonds is 1. The van der Waals surface area contributed by atoms with Crippen LogP contribution in [0.5, 0.6) is 0 Å². The molecule has 1 heterocycles. The van der Waals surface area contributed by atoms with Gasteiger partial charge in [-0.3, -0.25) is 4.79 Å². The van der Waals surface area contributed by atoms with Crippen molar-refractivity contribution in [3.8, 4) is 0 Å². The zero-order chi connectivity index (χ0) is 12.4. The molecule has 92 valence electrons. The Bertz CT molecular complexity index is 278. The predicted octanol–water partition coefficient (Wildman–Crippen LogP) is 3.58. The summed E-state index contributed by atoms with van der Waals surface area (Å²) in [5.74, 6) is 0.220. The Kier molecular flexibility index (Phi) is 3.82. The molecule has 1 aliphatic heterocycles. The molecule has 0 aromatic carbocycles. The first-order chi connectivity index (χ1) is 7.26. The molecule has 2 nitrogen and oxygen atoms in total. The molecular weight excluding hydrogens is 198 g/mol. The standard InChI is InChI=1S/C14H25NO/c1-6-15-9-7-8-13(2,3)11-14(4,5)10-12(15)16/h6H,1,7-11H2,2-5H3. The minimum absolute atomic E-state index is 0.0895. The molecule has 0 unspecified atom stereocenters. The Morgan fingerprint density at radius 2 is 1.88 bits per heavy atom. The highest BCUT2D eigenvalue weighted by atomic mass is 16.2. The molecular formula is C14H25NO. The fraction of sp³-hybridized carbons (Fsp3) is 0.786. The third-order valence-corrected chi connectivity index (χ3v) is 3.38. The first kappa shape index (κ1) is 13.3. The highest BCUT2D eigenvalue weighted by molar-refractivity contribution is 5.77. The smallest absolute Gasteiger partial charge is 0.227 e. The van der Waals surface area contributed by atoms with Gasteiger partial charge >= 0.3 is 0 Å². The van der Waals surface area contributed by atoms with Crippen molar-refractivity contribution in [3.05, 3.63) is 12.8 Å². The molecule has 0 N–H and O–H groups in total. The van der Waals surface area contributed by atoms with Crippen molar-refractivity contribution < 1.29 is 4.79 Å². The number of carbonyl (C=O) groups is 1. The second-order valence-corrected chi connectivity index (χ2v) is 6.56. The van der Waals surface area contributed by atoms with Crippen LogP contribution in [0.25, 0.3) is 0 Å². The van der Waals surface area contributed by atoms with E-state index < -0.39 is 0 Å². The van der Waals surface area contributed by atoms with Gasteiger partial charge in [0, 0.05) is 13.0 Å². The molecule has 0 bridgehead atoms. The third kappa shape index (κ3) is 3.66. The van der Waals surface area contributed by atoms with Crippen LogP contribution >= 0.6 is 0 Å². The molecule has 1 aliphatic rings. The summed E-state index contributed by atoms with van der Waals surface area (Å²) in [6.45, 7) is 13.6. The second kappa shape index (κ2) is 4.60. The van der Waals surface area contributed by atoms with E-state index in [1.165, 1.54) is 6.42 Å². The number of nitrogens with zero attached hydrogens (tertiary/aromatic N) is 1. The molecule has 1 fully saturated rings. The van der Waals surface area contributed by atoms with Gasteiger partial charge in [0.05, 0.1) is 0 Å². The Morgan fingerprint density at radius 1 is 1.25 bits per heavy atom. The number of carbonyl (C=O) groups excluding carboxylic acids is 1. The van der Waals surface area contributed by atoms with E-state index in [1.54, 1.807) is 11.1 Å². The summed E-state index contributed by atoms with van der Waals surface area (Å²) in [7, 11) is 0. The molecule has 0 saturated carbocycles. The van der Waals surface area contributed by atoms with Gasteiger partial charge in [-0.1, -0.05) is 34.3 Å². The van der Waals surface area contributed by atoms with Crippen molar-refractivity contribution in [2.75, 3.05) is 6.54 Å². The highest BCUT2D eigenvalue weighted by Crippen LogP contribution is 2.40. The monoisotopic (exact) mass is 223 g/mol. The maximum absolute atomic E-state index is 12.0. The third-order valence-electron chi connectivity index (χ3n) is 3.38. The van der Waals surface area contributed by atoms with Gasteiger partial charge in [-0.25, -0.2) is 0 Å². The van der Waals surface area contributed by atoms with Gasteiger partial charge in [0.15, 0.2) is 0 Å². The topological polar surface area (TPSA) is 20.3 Å². The Morgan fingerprint density at radius 3 is 2.44 bits per heavy atom. The van der Waals surface area contributed by atoms with Gasteiger partial charge in [-0.05, 0) is 36.3 Å². The molecule has 0 spiro atoms. The Hall–Kier alpha value is -0.790. The molecule has 1 amide bonds. The van der Waals surface area contributed by atoms with Crippen molar-refractivity contribution >= 4 is 5.91 Å². The van der Waals surface area contributed by atoms with E-state index in [-0.39, 0.29) is 11.3 Å². The molecule has 0 aromatic heterocycles. The number of amides is 1. The van der Waals surface area contributed by atoms with Crippen molar-refractivity contribution in [1.29, 1.82) is 0 Å². The number of hydrogen-bond donors (Lipinski definition) is 0. The zero-order valence-corrected chi connectivity index (χ0v) is 11.2. The van der Waals surface area contributed by atoms with E-state index in [2.05, 4.69) is 34.3 Å². The lowest BCUT2D eigenvalue weighted by Gasteiger charge is -2.33. The maximum Gasteiger partial charge on any atom is 0.227 e. The summed E-state index contributed by atoms with van der Waals surface area (Å²) < 4.78 is 0. The Balaban J connectivity index is 2.86. The predicted molar refractivity (Wildman–Crippen MR) is 67.9 cm³/mol. The normalized spacial score (nSPS) is 25.5. The van der Waals surface area contributed by atoms with Crippen LogP contribution in [0, 0.1) is 10.8 Å². The van der Waals surface area contributed by atoms with Crippen LogP contribution in [0.3, 0.4) is 0 Å². The molecule has 2 heteroatoms. The van der Waals surface area contributed by atoms with Gasteiger partial charge in [0.25, 0.3) is 0 Å². The first-order valence-corrected chi connectivity index (χ1v) is 6.18. The number of hydrogen-bond acceptors (Lipinski definition) is 1. The van der Waals surface area contributed by atoms with E-state index in [9.17, 15) is 4.79 Å². The van der Waals surface area contributed by atoms with E-state index >= 15 is 0 Å². The van der Waals surface area contributed by atoms with Crippen LogP contribution in [0.4, 0.5) is 0 Å². The van der Waals surface area contributed by atoms with Gasteiger partial charge in [0.1, 0.15) is 0 Å². The van der Waals surface area contributed by atoms with Crippen LogP contribution in [0.15, 0.2) is 12.8 Å². The Labute approximate surface area is 99.7 Å². The summed E-state index contributed by atoms with van der Waals surface area (Å²) in [6.07, 6.45) is 5.66. The van der Waals surface area contributed by atoms with Gasteiger partial charge in [-0.15, -0.1) is 0 Å². The van der Waals surface area contributed by atoms with Crippen molar-refractivity contribution in [2.24, 2.45) is 10.8 Å². The maximum atomic E-state index is 12.0. The molecule has 0 atom stereocenters. The second-order valence-electron chi connectivity index (χ2n) is 6.56. The van der Waals surface area contributed by atoms with E-state index in [1.807, 2.05) is 0 Å². The largest absolute Gasteiger partial charge is 0.320 e. The van der Waals surface area contributed by atoms with Gasteiger partial charge in [0.2, 0.25) is 5.91 Å². The average Bonchev–Trinajstić information content (AvgIpc) is 2.11. The molecule has 0 radical (unpaired) electrons. The fourth-order valence-electron chi connectivity index (χ4n) is 3.00. The minimum Gasteiger partial charge on any atom is -0.320 e. The summed E-state index contributed by atoms with van der Waals surface area (Å²) in [6, 6.07) is 0. The lowest BCUT2D eigenvalue weighted by atomic mass is 9.71. The van der Waals surface area contributed by atoms with Crippen LogP contribution in [-0.2, 0) is 4.79 Å². The zero-order valence-electron chi connectivity index (χ0n) is 11.2. The average molecular weight is 223 g/mol. The van der Waals surface area contributed by atoms with E-state index in [4.69, 9.17) is 0 Å². The summed E-state index contributed by atoms with van der Waals surface area (Å²) in [5.41, 5.74) is 0.424. The van der Waals surface area contributed by atoms with Crippen molar-refractivity contribution in [3.63, 3.8) is 0 Å². The quantitative estimate of drug-likeness (QED) is 0.665. The van der Waals surface area contributed by atoms with Crippen LogP contribution < -0.4 is 0 Å². The lowest BCUT2D eigenvalue weighted by Crippen LogP contribution is -2.30. The van der Waals surface area contributed by atoms with Gasteiger partial charge in [-0.2, -0.15) is 0 Å². The fourth-order valence-corrected chi connectivity index (χ4v) is 3.00. The first-order valence-electron chi connectivity index (χ1n) is 6.18. The van der Waals surface area contributed by atoms with Crippen molar-refractivity contribution in [2.45, 2.75) is 53.4 Å². The molecule has 16 heavy (non-hydrogen) atoms. The van der Waals surface area contributed by atoms with Crippen LogP contribution in [0.2, 0.25) is 0 Å². The summed E-state index contributed by atoms with van der Waals surface area (Å²) in [4.78, 5) is 13.8. The van der Waals surface area contributed by atoms with E-state index in [0.29, 0.717) is 11.8 Å². The highest BCUT2D eigenvalue weighted by Gasteiger charge is 2.33. The summed E-state index contributed by atoms with van der Waals surface area (Å²) >= 11 is 0. The van der Waals surface area contributed by atoms with Crippen molar-refractivity contribution in [1.82, 2.24) is 4.90 Å². The molecule has 1 rings (SSSR count). The van der Waals surface area contributed by atoms with Gasteiger partial charge < -0.3 is 4.90 Å². The minimum atomic E-state index is 0.0895. The summed E-state index contributed by atoms with van der Waals surface area (Å²) in [5, 5.41) is 0.